The zero-order chi connectivity index (χ0) is 17.1. The van der Waals surface area contributed by atoms with Gasteiger partial charge in [-0.3, -0.25) is 4.79 Å². The van der Waals surface area contributed by atoms with E-state index in [9.17, 15) is 9.59 Å². The van der Waals surface area contributed by atoms with Crippen molar-refractivity contribution in [2.45, 2.75) is 26.3 Å². The second-order valence-corrected chi connectivity index (χ2v) is 6.06. The van der Waals surface area contributed by atoms with Crippen molar-refractivity contribution < 1.29 is 14.1 Å². The number of benzene rings is 1. The van der Waals surface area contributed by atoms with E-state index in [1.807, 2.05) is 0 Å². The third-order valence-electron chi connectivity index (χ3n) is 3.75. The van der Waals surface area contributed by atoms with Crippen molar-refractivity contribution in [3.05, 3.63) is 41.8 Å². The van der Waals surface area contributed by atoms with Gasteiger partial charge in [0.05, 0.1) is 6.54 Å². The number of carbonyl (C=O) groups is 2. The van der Waals surface area contributed by atoms with Crippen molar-refractivity contribution >= 4 is 23.3 Å². The minimum atomic E-state index is -0.263. The minimum Gasteiger partial charge on any atom is -0.361 e. The number of nitrogens with zero attached hydrogens (tertiary/aromatic N) is 2. The van der Waals surface area contributed by atoms with Gasteiger partial charge < -0.3 is 20.1 Å². The van der Waals surface area contributed by atoms with E-state index in [2.05, 4.69) is 15.8 Å². The number of aromatic nitrogens is 1. The van der Waals surface area contributed by atoms with Crippen molar-refractivity contribution in [2.24, 2.45) is 5.92 Å². The number of aryl methyl sites for hydroxylation is 1. The van der Waals surface area contributed by atoms with Crippen LogP contribution in [0.5, 0.6) is 0 Å². The molecule has 3 rings (SSSR count). The molecule has 2 aromatic rings. The molecule has 0 radical (unpaired) electrons. The highest BCUT2D eigenvalue weighted by atomic mass is 16.5. The van der Waals surface area contributed by atoms with Crippen LogP contribution in [0.1, 0.15) is 24.3 Å². The highest BCUT2D eigenvalue weighted by molar-refractivity contribution is 5.95. The van der Waals surface area contributed by atoms with Gasteiger partial charge in [0, 0.05) is 30.4 Å². The number of nitrogens with one attached hydrogen (secondary N) is 2. The topological polar surface area (TPSA) is 87.5 Å². The van der Waals surface area contributed by atoms with Crippen molar-refractivity contribution in [3.8, 4) is 0 Å². The molecule has 0 saturated heterocycles. The molecule has 1 aromatic heterocycles. The maximum absolute atomic E-state index is 12.2. The molecule has 3 amide bonds. The van der Waals surface area contributed by atoms with Crippen molar-refractivity contribution in [3.63, 3.8) is 0 Å². The summed E-state index contributed by atoms with van der Waals surface area (Å²) in [5.41, 5.74) is 1.99. The van der Waals surface area contributed by atoms with Gasteiger partial charge in [-0.1, -0.05) is 11.2 Å². The Morgan fingerprint density at radius 3 is 2.58 bits per heavy atom. The van der Waals surface area contributed by atoms with Gasteiger partial charge in [0.1, 0.15) is 11.5 Å². The highest BCUT2D eigenvalue weighted by Crippen LogP contribution is 2.30. The summed E-state index contributed by atoms with van der Waals surface area (Å²) in [7, 11) is 1.68. The Morgan fingerprint density at radius 1 is 1.25 bits per heavy atom. The smallest absolute Gasteiger partial charge is 0.321 e. The van der Waals surface area contributed by atoms with E-state index < -0.39 is 0 Å². The molecule has 1 fully saturated rings. The second-order valence-electron chi connectivity index (χ2n) is 6.06. The molecule has 0 bridgehead atoms. The Morgan fingerprint density at radius 2 is 1.96 bits per heavy atom. The SMILES string of the molecule is Cc1cc(CN(C)C(=O)Nc2cccc(NC(=O)C3CC3)c2)no1. The number of hydrogen-bond acceptors (Lipinski definition) is 4. The number of anilines is 2. The third kappa shape index (κ3) is 4.13. The Balaban J connectivity index is 1.57. The molecule has 1 aliphatic rings. The fourth-order valence-electron chi connectivity index (χ4n) is 2.29. The average Bonchev–Trinajstić information content (AvgIpc) is 3.31. The van der Waals surface area contributed by atoms with Crippen LogP contribution in [-0.2, 0) is 11.3 Å². The van der Waals surface area contributed by atoms with Crippen LogP contribution < -0.4 is 10.6 Å². The van der Waals surface area contributed by atoms with Crippen LogP contribution in [0.3, 0.4) is 0 Å². The van der Waals surface area contributed by atoms with Crippen LogP contribution in [0.15, 0.2) is 34.9 Å². The van der Waals surface area contributed by atoms with Crippen LogP contribution in [0.2, 0.25) is 0 Å². The van der Waals surface area contributed by atoms with E-state index in [1.54, 1.807) is 44.3 Å². The third-order valence-corrected chi connectivity index (χ3v) is 3.75. The van der Waals surface area contributed by atoms with E-state index in [4.69, 9.17) is 4.52 Å². The molecule has 0 spiro atoms. The van der Waals surface area contributed by atoms with Crippen LogP contribution in [0.25, 0.3) is 0 Å². The molecule has 24 heavy (non-hydrogen) atoms. The van der Waals surface area contributed by atoms with Gasteiger partial charge in [-0.25, -0.2) is 4.79 Å². The van der Waals surface area contributed by atoms with E-state index in [1.165, 1.54) is 4.90 Å². The average molecular weight is 328 g/mol. The summed E-state index contributed by atoms with van der Waals surface area (Å²) in [6.45, 7) is 2.15. The van der Waals surface area contributed by atoms with Gasteiger partial charge >= 0.3 is 6.03 Å². The van der Waals surface area contributed by atoms with Gasteiger partial charge in [0.2, 0.25) is 5.91 Å². The summed E-state index contributed by atoms with van der Waals surface area (Å²) < 4.78 is 4.99. The lowest BCUT2D eigenvalue weighted by Crippen LogP contribution is -2.31. The summed E-state index contributed by atoms with van der Waals surface area (Å²) in [5.74, 6) is 0.884. The molecule has 0 atom stereocenters. The lowest BCUT2D eigenvalue weighted by Gasteiger charge is -2.17. The molecule has 7 nitrogen and oxygen atoms in total. The van der Waals surface area contributed by atoms with Gasteiger partial charge in [-0.15, -0.1) is 0 Å². The summed E-state index contributed by atoms with van der Waals surface area (Å²) in [6, 6.07) is 8.64. The first-order chi connectivity index (χ1) is 11.5. The first kappa shape index (κ1) is 16.0. The fourth-order valence-corrected chi connectivity index (χ4v) is 2.29. The maximum atomic E-state index is 12.2. The largest absolute Gasteiger partial charge is 0.361 e. The van der Waals surface area contributed by atoms with Crippen LogP contribution >= 0.6 is 0 Å². The van der Waals surface area contributed by atoms with Gasteiger partial charge in [0.25, 0.3) is 0 Å². The molecule has 126 valence electrons. The predicted octanol–water partition coefficient (Wildman–Crippen LogP) is 3.00. The summed E-state index contributed by atoms with van der Waals surface area (Å²) in [6.07, 6.45) is 1.91. The molecule has 0 aliphatic heterocycles. The van der Waals surface area contributed by atoms with Crippen molar-refractivity contribution in [1.29, 1.82) is 0 Å². The zero-order valence-electron chi connectivity index (χ0n) is 13.7. The first-order valence-electron chi connectivity index (χ1n) is 7.86. The van der Waals surface area contributed by atoms with Crippen LogP contribution in [0.4, 0.5) is 16.2 Å². The van der Waals surface area contributed by atoms with Crippen molar-refractivity contribution in [1.82, 2.24) is 10.1 Å². The number of hydrogen-bond donors (Lipinski definition) is 2. The van der Waals surface area contributed by atoms with E-state index in [0.717, 1.165) is 12.8 Å². The number of urea groups is 1. The normalized spacial score (nSPS) is 13.4. The quantitative estimate of drug-likeness (QED) is 0.883. The van der Waals surface area contributed by atoms with Crippen LogP contribution in [-0.4, -0.2) is 29.0 Å². The lowest BCUT2D eigenvalue weighted by molar-refractivity contribution is -0.117. The predicted molar refractivity (Wildman–Crippen MR) is 89.5 cm³/mol. The lowest BCUT2D eigenvalue weighted by atomic mass is 10.2. The molecule has 0 unspecified atom stereocenters. The van der Waals surface area contributed by atoms with E-state index in [-0.39, 0.29) is 17.9 Å². The van der Waals surface area contributed by atoms with Gasteiger partial charge in [0.15, 0.2) is 0 Å². The number of rotatable bonds is 5. The molecule has 2 N–H and O–H groups in total. The maximum Gasteiger partial charge on any atom is 0.321 e. The molecule has 7 heteroatoms. The second kappa shape index (κ2) is 6.74. The number of carbonyl (C=O) groups excluding carboxylic acids is 2. The Kier molecular flexibility index (Phi) is 4.50. The summed E-state index contributed by atoms with van der Waals surface area (Å²) in [4.78, 5) is 25.6. The van der Waals surface area contributed by atoms with E-state index >= 15 is 0 Å². The Hall–Kier alpha value is -2.83. The monoisotopic (exact) mass is 328 g/mol. The molecule has 1 heterocycles. The first-order valence-corrected chi connectivity index (χ1v) is 7.86. The summed E-state index contributed by atoms with van der Waals surface area (Å²) >= 11 is 0. The van der Waals surface area contributed by atoms with E-state index in [0.29, 0.717) is 29.4 Å². The summed E-state index contributed by atoms with van der Waals surface area (Å²) in [5, 5.41) is 9.54. The Bertz CT molecular complexity index is 752. The van der Waals surface area contributed by atoms with Crippen LogP contribution in [0, 0.1) is 12.8 Å². The van der Waals surface area contributed by atoms with Gasteiger partial charge in [-0.05, 0) is 38.0 Å². The standard InChI is InChI=1S/C17H20N4O3/c1-11-8-15(20-24-11)10-21(2)17(23)19-14-5-3-4-13(9-14)18-16(22)12-6-7-12/h3-5,8-9,12H,6-7,10H2,1-2H3,(H,18,22)(H,19,23). The Labute approximate surface area is 140 Å². The molecular weight excluding hydrogens is 308 g/mol. The molecular formula is C17H20N4O3. The van der Waals surface area contributed by atoms with Crippen molar-refractivity contribution in [2.75, 3.05) is 17.7 Å². The number of amides is 3. The molecule has 1 aromatic carbocycles. The zero-order valence-corrected chi connectivity index (χ0v) is 13.7. The minimum absolute atomic E-state index is 0.0389. The molecule has 1 saturated carbocycles. The highest BCUT2D eigenvalue weighted by Gasteiger charge is 2.29. The molecule has 1 aliphatic carbocycles. The van der Waals surface area contributed by atoms with Gasteiger partial charge in [-0.2, -0.15) is 0 Å². The fraction of sp³-hybridized carbons (Fsp3) is 0.353.